The van der Waals surface area contributed by atoms with Crippen LogP contribution < -0.4 is 0 Å². The molecule has 2 N–H and O–H groups in total. The van der Waals surface area contributed by atoms with Crippen LogP contribution in [-0.4, -0.2) is 48.3 Å². The summed E-state index contributed by atoms with van der Waals surface area (Å²) in [6.45, 7) is 0. The minimum absolute atomic E-state index is 0.382. The van der Waals surface area contributed by atoms with Gasteiger partial charge in [0.25, 0.3) is 0 Å². The van der Waals surface area contributed by atoms with Gasteiger partial charge in [0.05, 0.1) is 37.9 Å². The number of hydrogen-bond acceptors (Lipinski definition) is 6. The fourth-order valence-electron chi connectivity index (χ4n) is 3.72. The predicted molar refractivity (Wildman–Crippen MR) is 90.2 cm³/mol. The van der Waals surface area contributed by atoms with Crippen molar-refractivity contribution in [3.63, 3.8) is 0 Å². The second-order valence-electron chi connectivity index (χ2n) is 6.72. The molecule has 8 heteroatoms. The highest BCUT2D eigenvalue weighted by molar-refractivity contribution is 5.81. The molecule has 8 nitrogen and oxygen atoms in total. The Morgan fingerprint density at radius 2 is 0.885 bits per heavy atom. The third-order valence-electron chi connectivity index (χ3n) is 5.17. The van der Waals surface area contributed by atoms with Crippen molar-refractivity contribution in [1.29, 1.82) is 0 Å². The Labute approximate surface area is 152 Å². The zero-order chi connectivity index (χ0) is 19.7. The molecule has 4 atom stereocenters. The smallest absolute Gasteiger partial charge is 0.309 e. The van der Waals surface area contributed by atoms with Gasteiger partial charge in [0.1, 0.15) is 0 Å². The van der Waals surface area contributed by atoms with Gasteiger partial charge in [0, 0.05) is 0 Å². The predicted octanol–water partition coefficient (Wildman–Crippen LogP) is 2.10. The maximum Gasteiger partial charge on any atom is 0.309 e. The van der Waals surface area contributed by atoms with Crippen LogP contribution in [0.4, 0.5) is 0 Å². The van der Waals surface area contributed by atoms with E-state index in [0.29, 0.717) is 25.7 Å². The first-order chi connectivity index (χ1) is 12.3. The molecule has 148 valence electrons. The van der Waals surface area contributed by atoms with Crippen LogP contribution in [0.15, 0.2) is 0 Å². The molecule has 0 amide bonds. The molecule has 0 spiro atoms. The van der Waals surface area contributed by atoms with Crippen LogP contribution in [0.5, 0.6) is 0 Å². The van der Waals surface area contributed by atoms with E-state index in [9.17, 15) is 19.2 Å². The first kappa shape index (κ1) is 21.9. The van der Waals surface area contributed by atoms with Crippen molar-refractivity contribution in [3.05, 3.63) is 0 Å². The van der Waals surface area contributed by atoms with E-state index in [1.54, 1.807) is 0 Å². The molecule has 2 aliphatic carbocycles. The number of carboxylic acid groups (broad SMARTS) is 2. The Bertz CT molecular complexity index is 469. The second-order valence-corrected chi connectivity index (χ2v) is 6.72. The van der Waals surface area contributed by atoms with Crippen LogP contribution in [0.3, 0.4) is 0 Å². The highest BCUT2D eigenvalue weighted by Gasteiger charge is 2.37. The number of carbonyl (C=O) groups is 4. The molecule has 2 rings (SSSR count). The molecule has 0 heterocycles. The molecule has 2 fully saturated rings. The molecule has 0 aromatic carbocycles. The Morgan fingerprint density at radius 1 is 0.615 bits per heavy atom. The molecule has 0 bridgehead atoms. The van der Waals surface area contributed by atoms with Gasteiger partial charge < -0.3 is 19.7 Å². The van der Waals surface area contributed by atoms with E-state index >= 15 is 0 Å². The normalized spacial score (nSPS) is 28.1. The molecule has 0 aromatic heterocycles. The Morgan fingerprint density at radius 3 is 1.12 bits per heavy atom. The summed E-state index contributed by atoms with van der Waals surface area (Å²) < 4.78 is 9.14. The Balaban J connectivity index is 0.000000260. The van der Waals surface area contributed by atoms with Gasteiger partial charge in [-0.05, 0) is 25.7 Å². The third kappa shape index (κ3) is 6.00. The van der Waals surface area contributed by atoms with Crippen LogP contribution >= 0.6 is 0 Å². The van der Waals surface area contributed by atoms with Crippen LogP contribution in [0.25, 0.3) is 0 Å². The van der Waals surface area contributed by atoms with Gasteiger partial charge in [-0.1, -0.05) is 25.7 Å². The first-order valence-corrected chi connectivity index (χ1v) is 8.94. The standard InChI is InChI=1S/2C9H14O4/c2*1-13-9(12)7-5-3-2-4-6(7)8(10)11/h2*6-7H,2-5H2,1H3,(H,10,11)/t2*6-,7+/m10/s1. The van der Waals surface area contributed by atoms with E-state index in [4.69, 9.17) is 10.2 Å². The first-order valence-electron chi connectivity index (χ1n) is 8.94. The summed E-state index contributed by atoms with van der Waals surface area (Å²) in [5.41, 5.74) is 0. The molecule has 2 aliphatic rings. The van der Waals surface area contributed by atoms with E-state index < -0.39 is 35.6 Å². The van der Waals surface area contributed by atoms with Crippen molar-refractivity contribution in [1.82, 2.24) is 0 Å². The van der Waals surface area contributed by atoms with E-state index in [1.165, 1.54) is 14.2 Å². The quantitative estimate of drug-likeness (QED) is 0.718. The molecule has 0 aliphatic heterocycles. The summed E-state index contributed by atoms with van der Waals surface area (Å²) in [6, 6.07) is 0. The number of hydrogen-bond donors (Lipinski definition) is 2. The number of aliphatic carboxylic acids is 2. The van der Waals surface area contributed by atoms with Gasteiger partial charge in [-0.2, -0.15) is 0 Å². The fourth-order valence-corrected chi connectivity index (χ4v) is 3.72. The lowest BCUT2D eigenvalue weighted by Gasteiger charge is -2.25. The van der Waals surface area contributed by atoms with Gasteiger partial charge in [0.2, 0.25) is 0 Å². The number of methoxy groups -OCH3 is 2. The SMILES string of the molecule is COC(=O)[C@@H]1CCCC[C@@H]1C(=O)O.COC(=O)[C@H]1CCCC[C@H]1C(=O)O. The van der Waals surface area contributed by atoms with Crippen molar-refractivity contribution in [2.45, 2.75) is 51.4 Å². The molecule has 0 radical (unpaired) electrons. The van der Waals surface area contributed by atoms with Crippen LogP contribution in [-0.2, 0) is 28.7 Å². The van der Waals surface area contributed by atoms with Gasteiger partial charge in [-0.15, -0.1) is 0 Å². The zero-order valence-electron chi connectivity index (χ0n) is 15.3. The maximum atomic E-state index is 11.2. The average molecular weight is 372 g/mol. The average Bonchev–Trinajstić information content (AvgIpc) is 2.67. The van der Waals surface area contributed by atoms with E-state index in [0.717, 1.165) is 25.7 Å². The summed E-state index contributed by atoms with van der Waals surface area (Å²) >= 11 is 0. The van der Waals surface area contributed by atoms with Crippen LogP contribution in [0.1, 0.15) is 51.4 Å². The summed E-state index contributed by atoms with van der Waals surface area (Å²) in [4.78, 5) is 43.9. The summed E-state index contributed by atoms with van der Waals surface area (Å²) in [5, 5.41) is 17.7. The van der Waals surface area contributed by atoms with E-state index in [1.807, 2.05) is 0 Å². The van der Waals surface area contributed by atoms with Gasteiger partial charge in [-0.3, -0.25) is 19.2 Å². The number of ether oxygens (including phenoxy) is 2. The largest absolute Gasteiger partial charge is 0.481 e. The topological polar surface area (TPSA) is 127 Å². The van der Waals surface area contributed by atoms with Crippen LogP contribution in [0, 0.1) is 23.7 Å². The Hall–Kier alpha value is -2.12. The minimum atomic E-state index is -0.880. The molecule has 0 aromatic rings. The summed E-state index contributed by atoms with van der Waals surface area (Å²) in [7, 11) is 2.60. The number of carbonyl (C=O) groups excluding carboxylic acids is 2. The maximum absolute atomic E-state index is 11.2. The lowest BCUT2D eigenvalue weighted by Crippen LogP contribution is -2.33. The van der Waals surface area contributed by atoms with Gasteiger partial charge in [-0.25, -0.2) is 0 Å². The van der Waals surface area contributed by atoms with Gasteiger partial charge >= 0.3 is 23.9 Å². The minimum Gasteiger partial charge on any atom is -0.481 e. The van der Waals surface area contributed by atoms with Crippen molar-refractivity contribution < 1.29 is 38.9 Å². The molecule has 0 saturated heterocycles. The van der Waals surface area contributed by atoms with E-state index in [2.05, 4.69) is 9.47 Å². The Kier molecular flexibility index (Phi) is 9.09. The molecule has 0 unspecified atom stereocenters. The van der Waals surface area contributed by atoms with E-state index in [-0.39, 0.29) is 11.9 Å². The van der Waals surface area contributed by atoms with Crippen molar-refractivity contribution >= 4 is 23.9 Å². The molecule has 2 saturated carbocycles. The molecule has 26 heavy (non-hydrogen) atoms. The van der Waals surface area contributed by atoms with Crippen molar-refractivity contribution in [2.75, 3.05) is 14.2 Å². The van der Waals surface area contributed by atoms with Crippen molar-refractivity contribution in [2.24, 2.45) is 23.7 Å². The highest BCUT2D eigenvalue weighted by Crippen LogP contribution is 2.31. The molecular formula is C18H28O8. The van der Waals surface area contributed by atoms with Crippen molar-refractivity contribution in [3.8, 4) is 0 Å². The van der Waals surface area contributed by atoms with Crippen LogP contribution in [0.2, 0.25) is 0 Å². The number of carboxylic acids is 2. The highest BCUT2D eigenvalue weighted by atomic mass is 16.5. The third-order valence-corrected chi connectivity index (χ3v) is 5.17. The lowest BCUT2D eigenvalue weighted by atomic mass is 9.79. The molecular weight excluding hydrogens is 344 g/mol. The number of rotatable bonds is 4. The monoisotopic (exact) mass is 372 g/mol. The second kappa shape index (κ2) is 10.8. The fraction of sp³-hybridized carbons (Fsp3) is 0.778. The summed E-state index contributed by atoms with van der Waals surface area (Å²) in [6.07, 6.45) is 6.10. The lowest BCUT2D eigenvalue weighted by molar-refractivity contribution is -0.157. The summed E-state index contributed by atoms with van der Waals surface area (Å²) in [5.74, 6) is -4.47. The zero-order valence-corrected chi connectivity index (χ0v) is 15.3. The van der Waals surface area contributed by atoms with Gasteiger partial charge in [0.15, 0.2) is 0 Å². The number of esters is 2.